The Hall–Kier alpha value is -2.56. The summed E-state index contributed by atoms with van der Waals surface area (Å²) in [6, 6.07) is 12.2. The molecule has 28 heavy (non-hydrogen) atoms. The van der Waals surface area contributed by atoms with Crippen LogP contribution >= 0.6 is 0 Å². The highest BCUT2D eigenvalue weighted by Gasteiger charge is 2.13. The van der Waals surface area contributed by atoms with Crippen LogP contribution in [0.2, 0.25) is 0 Å². The van der Waals surface area contributed by atoms with Crippen molar-refractivity contribution >= 4 is 23.1 Å². The van der Waals surface area contributed by atoms with Gasteiger partial charge in [0.25, 0.3) is 5.91 Å². The van der Waals surface area contributed by atoms with Crippen LogP contribution < -0.4 is 15.5 Å². The molecule has 0 atom stereocenters. The first-order valence-electron chi connectivity index (χ1n) is 10.6. The van der Waals surface area contributed by atoms with Crippen LogP contribution in [-0.2, 0) is 0 Å². The summed E-state index contributed by atoms with van der Waals surface area (Å²) >= 11 is 0. The normalized spacial score (nSPS) is 14.9. The maximum absolute atomic E-state index is 12.5. The lowest BCUT2D eigenvalue weighted by Crippen LogP contribution is -2.21. The van der Waals surface area contributed by atoms with Crippen LogP contribution in [-0.4, -0.2) is 30.0 Å². The van der Waals surface area contributed by atoms with E-state index in [0.717, 1.165) is 24.6 Å². The Morgan fingerprint density at radius 1 is 1.00 bits per heavy atom. The first kappa shape index (κ1) is 20.2. The van der Waals surface area contributed by atoms with E-state index in [2.05, 4.69) is 34.4 Å². The van der Waals surface area contributed by atoms with Crippen LogP contribution in [0, 0.1) is 0 Å². The lowest BCUT2D eigenvalue weighted by Gasteiger charge is -2.21. The van der Waals surface area contributed by atoms with Gasteiger partial charge in [-0.25, -0.2) is 4.98 Å². The molecule has 1 amide bonds. The molecule has 1 saturated carbocycles. The maximum atomic E-state index is 12.5. The van der Waals surface area contributed by atoms with Gasteiger partial charge in [0, 0.05) is 36.7 Å². The number of nitrogens with zero attached hydrogens (tertiary/aromatic N) is 2. The van der Waals surface area contributed by atoms with Gasteiger partial charge >= 0.3 is 0 Å². The number of pyridine rings is 1. The Morgan fingerprint density at radius 3 is 2.25 bits per heavy atom. The largest absolute Gasteiger partial charge is 0.372 e. The third-order valence-corrected chi connectivity index (χ3v) is 5.49. The molecule has 5 heteroatoms. The van der Waals surface area contributed by atoms with Crippen molar-refractivity contribution in [2.24, 2.45) is 0 Å². The third kappa shape index (κ3) is 5.47. The highest BCUT2D eigenvalue weighted by Crippen LogP contribution is 2.21. The van der Waals surface area contributed by atoms with Crippen LogP contribution in [0.3, 0.4) is 0 Å². The zero-order chi connectivity index (χ0) is 19.8. The van der Waals surface area contributed by atoms with Gasteiger partial charge < -0.3 is 15.5 Å². The molecule has 5 nitrogen and oxygen atoms in total. The van der Waals surface area contributed by atoms with Crippen LogP contribution in [0.25, 0.3) is 0 Å². The summed E-state index contributed by atoms with van der Waals surface area (Å²) in [5, 5.41) is 6.47. The molecule has 1 heterocycles. The van der Waals surface area contributed by atoms with E-state index in [-0.39, 0.29) is 5.91 Å². The van der Waals surface area contributed by atoms with E-state index in [1.165, 1.54) is 44.2 Å². The van der Waals surface area contributed by atoms with Gasteiger partial charge in [0.1, 0.15) is 5.82 Å². The van der Waals surface area contributed by atoms with E-state index in [4.69, 9.17) is 0 Å². The van der Waals surface area contributed by atoms with Crippen LogP contribution in [0.5, 0.6) is 0 Å². The Labute approximate surface area is 168 Å². The quantitative estimate of drug-likeness (QED) is 0.639. The Morgan fingerprint density at radius 2 is 1.68 bits per heavy atom. The second-order valence-electron chi connectivity index (χ2n) is 7.44. The van der Waals surface area contributed by atoms with Crippen molar-refractivity contribution in [3.63, 3.8) is 0 Å². The molecule has 0 saturated heterocycles. The summed E-state index contributed by atoms with van der Waals surface area (Å²) < 4.78 is 0. The van der Waals surface area contributed by atoms with Gasteiger partial charge in [-0.15, -0.1) is 0 Å². The molecule has 2 N–H and O–H groups in total. The third-order valence-electron chi connectivity index (χ3n) is 5.49. The number of aromatic nitrogens is 1. The molecular weight excluding hydrogens is 348 g/mol. The van der Waals surface area contributed by atoms with Crippen molar-refractivity contribution in [1.29, 1.82) is 0 Å². The molecule has 0 spiro atoms. The first-order chi connectivity index (χ1) is 13.7. The number of carbonyl (C=O) groups excluding carboxylic acids is 1. The Kier molecular flexibility index (Phi) is 7.29. The second-order valence-corrected chi connectivity index (χ2v) is 7.44. The number of hydrogen-bond acceptors (Lipinski definition) is 4. The zero-order valence-electron chi connectivity index (χ0n) is 17.1. The predicted octanol–water partition coefficient (Wildman–Crippen LogP) is 5.31. The van der Waals surface area contributed by atoms with E-state index in [1.807, 2.05) is 36.4 Å². The molecule has 150 valence electrons. The number of hydrogen-bond donors (Lipinski definition) is 2. The molecular formula is C23H32N4O. The van der Waals surface area contributed by atoms with Gasteiger partial charge in [0.05, 0.1) is 5.56 Å². The minimum Gasteiger partial charge on any atom is -0.372 e. The average molecular weight is 381 g/mol. The van der Waals surface area contributed by atoms with E-state index < -0.39 is 0 Å². The van der Waals surface area contributed by atoms with Crippen LogP contribution in [0.15, 0.2) is 42.6 Å². The van der Waals surface area contributed by atoms with Crippen LogP contribution in [0.4, 0.5) is 17.2 Å². The number of anilines is 3. The van der Waals surface area contributed by atoms with Crippen molar-refractivity contribution in [3.8, 4) is 0 Å². The first-order valence-corrected chi connectivity index (χ1v) is 10.6. The highest BCUT2D eigenvalue weighted by molar-refractivity contribution is 6.04. The van der Waals surface area contributed by atoms with Crippen molar-refractivity contribution in [2.45, 2.75) is 58.4 Å². The SMILES string of the molecule is CCN(CC)c1ccc(NC(=O)c2ccc(NC3CCCCCC3)nc2)cc1. The molecule has 0 radical (unpaired) electrons. The van der Waals surface area contributed by atoms with E-state index in [0.29, 0.717) is 11.6 Å². The lowest BCUT2D eigenvalue weighted by atomic mass is 10.1. The topological polar surface area (TPSA) is 57.3 Å². The number of rotatable bonds is 7. The molecule has 0 aliphatic heterocycles. The summed E-state index contributed by atoms with van der Waals surface area (Å²) in [6.45, 7) is 6.21. The molecule has 0 bridgehead atoms. The minimum absolute atomic E-state index is 0.135. The number of amides is 1. The number of carbonyl (C=O) groups is 1. The van der Waals surface area contributed by atoms with Gasteiger partial charge in [-0.1, -0.05) is 25.7 Å². The number of benzene rings is 1. The monoisotopic (exact) mass is 380 g/mol. The average Bonchev–Trinajstić information content (AvgIpc) is 2.99. The van der Waals surface area contributed by atoms with Crippen molar-refractivity contribution < 1.29 is 4.79 Å². The van der Waals surface area contributed by atoms with Crippen molar-refractivity contribution in [1.82, 2.24) is 4.98 Å². The van der Waals surface area contributed by atoms with E-state index in [1.54, 1.807) is 6.20 Å². The summed E-state index contributed by atoms with van der Waals surface area (Å²) in [5.74, 6) is 0.719. The van der Waals surface area contributed by atoms with Gasteiger partial charge in [-0.2, -0.15) is 0 Å². The van der Waals surface area contributed by atoms with Crippen molar-refractivity contribution in [3.05, 3.63) is 48.2 Å². The summed E-state index contributed by atoms with van der Waals surface area (Å²) in [5.41, 5.74) is 2.53. The minimum atomic E-state index is -0.135. The molecule has 3 rings (SSSR count). The summed E-state index contributed by atoms with van der Waals surface area (Å²) in [7, 11) is 0. The second kappa shape index (κ2) is 10.1. The van der Waals surface area contributed by atoms with Crippen molar-refractivity contribution in [2.75, 3.05) is 28.6 Å². The molecule has 1 aliphatic rings. The standard InChI is InChI=1S/C23H32N4O/c1-3-27(4-2)21-14-12-20(13-15-21)26-23(28)18-11-16-22(24-17-18)25-19-9-7-5-6-8-10-19/h11-17,19H,3-10H2,1-2H3,(H,24,25)(H,26,28). The lowest BCUT2D eigenvalue weighted by molar-refractivity contribution is 0.102. The molecule has 1 aromatic heterocycles. The Bertz CT molecular complexity index is 730. The molecule has 2 aromatic rings. The Balaban J connectivity index is 1.57. The fourth-order valence-corrected chi connectivity index (χ4v) is 3.79. The van der Waals surface area contributed by atoms with E-state index >= 15 is 0 Å². The predicted molar refractivity (Wildman–Crippen MR) is 117 cm³/mol. The summed E-state index contributed by atoms with van der Waals surface area (Å²) in [4.78, 5) is 19.2. The van der Waals surface area contributed by atoms with Gasteiger partial charge in [-0.05, 0) is 63.1 Å². The molecule has 1 aromatic carbocycles. The molecule has 1 aliphatic carbocycles. The maximum Gasteiger partial charge on any atom is 0.257 e. The fraction of sp³-hybridized carbons (Fsp3) is 0.478. The van der Waals surface area contributed by atoms with E-state index in [9.17, 15) is 4.79 Å². The van der Waals surface area contributed by atoms with Crippen LogP contribution in [0.1, 0.15) is 62.7 Å². The fourth-order valence-electron chi connectivity index (χ4n) is 3.79. The number of nitrogens with one attached hydrogen (secondary N) is 2. The van der Waals surface area contributed by atoms with Gasteiger partial charge in [-0.3, -0.25) is 4.79 Å². The van der Waals surface area contributed by atoms with Gasteiger partial charge in [0.2, 0.25) is 0 Å². The molecule has 0 unspecified atom stereocenters. The van der Waals surface area contributed by atoms with Gasteiger partial charge in [0.15, 0.2) is 0 Å². The zero-order valence-corrected chi connectivity index (χ0v) is 17.1. The summed E-state index contributed by atoms with van der Waals surface area (Å²) in [6.07, 6.45) is 9.29. The smallest absolute Gasteiger partial charge is 0.257 e. The molecule has 1 fully saturated rings. The highest BCUT2D eigenvalue weighted by atomic mass is 16.1.